The van der Waals surface area contributed by atoms with Gasteiger partial charge in [-0.15, -0.1) is 0 Å². The second-order valence-corrected chi connectivity index (χ2v) is 6.50. The van der Waals surface area contributed by atoms with Gasteiger partial charge in [0, 0.05) is 13.1 Å². The highest BCUT2D eigenvalue weighted by Gasteiger charge is 2.32. The number of benzene rings is 2. The Balaban J connectivity index is 1.80. The Kier molecular flexibility index (Phi) is 5.58. The zero-order valence-corrected chi connectivity index (χ0v) is 15.0. The zero-order valence-electron chi connectivity index (χ0n) is 15.0. The summed E-state index contributed by atoms with van der Waals surface area (Å²) in [5.41, 5.74) is 0.807. The molecule has 1 aliphatic heterocycles. The summed E-state index contributed by atoms with van der Waals surface area (Å²) in [5, 5.41) is 2.67. The van der Waals surface area contributed by atoms with E-state index < -0.39 is 11.7 Å². The molecule has 0 aliphatic carbocycles. The van der Waals surface area contributed by atoms with E-state index in [9.17, 15) is 18.0 Å². The number of nitrogens with zero attached hydrogens (tertiary/aromatic N) is 1. The van der Waals surface area contributed by atoms with Crippen molar-refractivity contribution < 1.29 is 22.7 Å². The maximum atomic E-state index is 13.1. The van der Waals surface area contributed by atoms with Gasteiger partial charge < -0.3 is 15.0 Å². The lowest BCUT2D eigenvalue weighted by molar-refractivity contribution is -0.137. The molecule has 0 unspecified atom stereocenters. The number of ether oxygens (including phenoxy) is 1. The molecule has 0 spiro atoms. The summed E-state index contributed by atoms with van der Waals surface area (Å²) < 4.78 is 44.4. The molecule has 1 heterocycles. The topological polar surface area (TPSA) is 41.6 Å². The molecular formula is C20H21F3N2O2. The Bertz CT molecular complexity index is 798. The van der Waals surface area contributed by atoms with E-state index >= 15 is 0 Å². The summed E-state index contributed by atoms with van der Waals surface area (Å²) in [4.78, 5) is 14.4. The van der Waals surface area contributed by atoms with Gasteiger partial charge in [-0.3, -0.25) is 4.79 Å². The molecule has 0 bridgehead atoms. The number of carbonyl (C=O) groups excluding carboxylic acids is 1. The zero-order chi connectivity index (χ0) is 19.4. The van der Waals surface area contributed by atoms with Crippen LogP contribution in [-0.4, -0.2) is 26.1 Å². The van der Waals surface area contributed by atoms with Gasteiger partial charge in [0.2, 0.25) is 5.91 Å². The van der Waals surface area contributed by atoms with Crippen molar-refractivity contribution in [2.24, 2.45) is 0 Å². The van der Waals surface area contributed by atoms with Gasteiger partial charge in [-0.2, -0.15) is 13.2 Å². The van der Waals surface area contributed by atoms with Crippen molar-refractivity contribution >= 4 is 17.3 Å². The summed E-state index contributed by atoms with van der Waals surface area (Å²) in [7, 11) is 1.55. The Hall–Kier alpha value is -2.70. The predicted octanol–water partition coefficient (Wildman–Crippen LogP) is 4.50. The van der Waals surface area contributed by atoms with Crippen LogP contribution in [0.15, 0.2) is 42.5 Å². The fourth-order valence-electron chi connectivity index (χ4n) is 3.17. The molecule has 27 heavy (non-hydrogen) atoms. The molecule has 2 aromatic rings. The SMILES string of the molecule is COc1ccc(CC(=O)Nc2cc(C(F)(F)F)ccc2N2CCCC2)cc1. The average molecular weight is 378 g/mol. The number of hydrogen-bond acceptors (Lipinski definition) is 3. The first-order chi connectivity index (χ1) is 12.9. The lowest BCUT2D eigenvalue weighted by Gasteiger charge is -2.23. The lowest BCUT2D eigenvalue weighted by atomic mass is 10.1. The normalized spacial score (nSPS) is 14.3. The molecule has 1 amide bonds. The second-order valence-electron chi connectivity index (χ2n) is 6.50. The van der Waals surface area contributed by atoms with Crippen molar-refractivity contribution in [2.45, 2.75) is 25.4 Å². The van der Waals surface area contributed by atoms with Crippen molar-refractivity contribution in [2.75, 3.05) is 30.4 Å². The van der Waals surface area contributed by atoms with Gasteiger partial charge in [-0.1, -0.05) is 12.1 Å². The van der Waals surface area contributed by atoms with Crippen molar-refractivity contribution in [3.63, 3.8) is 0 Å². The first-order valence-corrected chi connectivity index (χ1v) is 8.76. The minimum absolute atomic E-state index is 0.0691. The number of rotatable bonds is 5. The fourth-order valence-corrected chi connectivity index (χ4v) is 3.17. The number of anilines is 2. The second kappa shape index (κ2) is 7.90. The van der Waals surface area contributed by atoms with Gasteiger partial charge in [-0.05, 0) is 48.7 Å². The van der Waals surface area contributed by atoms with Gasteiger partial charge in [0.25, 0.3) is 0 Å². The number of nitrogens with one attached hydrogen (secondary N) is 1. The molecule has 0 atom stereocenters. The monoisotopic (exact) mass is 378 g/mol. The lowest BCUT2D eigenvalue weighted by Crippen LogP contribution is -2.22. The third kappa shape index (κ3) is 4.72. The first-order valence-electron chi connectivity index (χ1n) is 8.76. The molecule has 1 saturated heterocycles. The number of amides is 1. The van der Waals surface area contributed by atoms with Gasteiger partial charge in [-0.25, -0.2) is 0 Å². The van der Waals surface area contributed by atoms with E-state index in [4.69, 9.17) is 4.74 Å². The largest absolute Gasteiger partial charge is 0.497 e. The maximum Gasteiger partial charge on any atom is 0.416 e. The summed E-state index contributed by atoms with van der Waals surface area (Å²) in [6.45, 7) is 1.54. The summed E-state index contributed by atoms with van der Waals surface area (Å²) in [5.74, 6) is 0.313. The van der Waals surface area contributed by atoms with Crippen molar-refractivity contribution in [1.29, 1.82) is 0 Å². The van der Waals surface area contributed by atoms with Crippen LogP contribution in [0.4, 0.5) is 24.5 Å². The molecule has 144 valence electrons. The molecule has 0 aromatic heterocycles. The minimum atomic E-state index is -4.46. The molecule has 1 aliphatic rings. The van der Waals surface area contributed by atoms with Crippen LogP contribution in [0.5, 0.6) is 5.75 Å². The molecule has 0 radical (unpaired) electrons. The highest BCUT2D eigenvalue weighted by molar-refractivity contribution is 5.95. The minimum Gasteiger partial charge on any atom is -0.497 e. The van der Waals surface area contributed by atoms with Crippen molar-refractivity contribution in [3.05, 3.63) is 53.6 Å². The van der Waals surface area contributed by atoms with E-state index in [2.05, 4.69) is 5.32 Å². The van der Waals surface area contributed by atoms with Gasteiger partial charge in [0.1, 0.15) is 5.75 Å². The number of halogens is 3. The molecule has 7 heteroatoms. The number of methoxy groups -OCH3 is 1. The summed E-state index contributed by atoms with van der Waals surface area (Å²) >= 11 is 0. The number of hydrogen-bond donors (Lipinski definition) is 1. The van der Waals surface area contributed by atoms with E-state index in [0.717, 1.165) is 43.6 Å². The Labute approximate surface area is 155 Å². The van der Waals surface area contributed by atoms with Crippen molar-refractivity contribution in [1.82, 2.24) is 0 Å². The third-order valence-corrected chi connectivity index (χ3v) is 4.57. The standard InChI is InChI=1S/C20H21F3N2O2/c1-27-16-7-4-14(5-8-16)12-19(26)24-17-13-15(20(21,22)23)6-9-18(17)25-10-2-3-11-25/h4-9,13H,2-3,10-12H2,1H3,(H,24,26). The molecule has 4 nitrogen and oxygen atoms in total. The molecule has 1 N–H and O–H groups in total. The Morgan fingerprint density at radius 1 is 1.11 bits per heavy atom. The van der Waals surface area contributed by atoms with E-state index in [-0.39, 0.29) is 18.0 Å². The quantitative estimate of drug-likeness (QED) is 0.833. The van der Waals surface area contributed by atoms with Crippen LogP contribution in [0.1, 0.15) is 24.0 Å². The van der Waals surface area contributed by atoms with Crippen LogP contribution in [0.2, 0.25) is 0 Å². The molecule has 0 saturated carbocycles. The molecule has 1 fully saturated rings. The van der Waals surface area contributed by atoms with Crippen LogP contribution in [-0.2, 0) is 17.4 Å². The van der Waals surface area contributed by atoms with Crippen LogP contribution < -0.4 is 15.0 Å². The third-order valence-electron chi connectivity index (χ3n) is 4.57. The summed E-state index contributed by atoms with van der Waals surface area (Å²) in [6.07, 6.45) is -2.42. The van der Waals surface area contributed by atoms with E-state index in [1.54, 1.807) is 31.4 Å². The van der Waals surface area contributed by atoms with Crippen LogP contribution >= 0.6 is 0 Å². The van der Waals surface area contributed by atoms with Gasteiger partial charge >= 0.3 is 6.18 Å². The van der Waals surface area contributed by atoms with E-state index in [1.807, 2.05) is 4.90 Å². The highest BCUT2D eigenvalue weighted by atomic mass is 19.4. The molecular weight excluding hydrogens is 357 g/mol. The molecule has 2 aromatic carbocycles. The van der Waals surface area contributed by atoms with Crippen molar-refractivity contribution in [3.8, 4) is 5.75 Å². The van der Waals surface area contributed by atoms with Crippen LogP contribution in [0.3, 0.4) is 0 Å². The Morgan fingerprint density at radius 2 is 1.78 bits per heavy atom. The highest BCUT2D eigenvalue weighted by Crippen LogP contribution is 2.36. The Morgan fingerprint density at radius 3 is 2.37 bits per heavy atom. The smallest absolute Gasteiger partial charge is 0.416 e. The van der Waals surface area contributed by atoms with Crippen LogP contribution in [0.25, 0.3) is 0 Å². The first kappa shape index (κ1) is 19.1. The average Bonchev–Trinajstić information content (AvgIpc) is 3.16. The van der Waals surface area contributed by atoms with Gasteiger partial charge in [0.15, 0.2) is 0 Å². The molecule has 3 rings (SSSR count). The maximum absolute atomic E-state index is 13.1. The van der Waals surface area contributed by atoms with E-state index in [1.165, 1.54) is 6.07 Å². The predicted molar refractivity (Wildman–Crippen MR) is 98.2 cm³/mol. The van der Waals surface area contributed by atoms with Crippen LogP contribution in [0, 0.1) is 0 Å². The van der Waals surface area contributed by atoms with Gasteiger partial charge in [0.05, 0.1) is 30.5 Å². The summed E-state index contributed by atoms with van der Waals surface area (Å²) in [6, 6.07) is 10.5. The number of alkyl halides is 3. The van der Waals surface area contributed by atoms with E-state index in [0.29, 0.717) is 11.4 Å². The number of carbonyl (C=O) groups is 1. The fraction of sp³-hybridized carbons (Fsp3) is 0.350.